The largest absolute Gasteiger partial charge is 0.466 e. The van der Waals surface area contributed by atoms with Crippen molar-refractivity contribution in [1.29, 1.82) is 0 Å². The molecule has 9 heteroatoms. The number of rotatable bonds is 7. The van der Waals surface area contributed by atoms with Crippen LogP contribution in [-0.4, -0.2) is 48.6 Å². The van der Waals surface area contributed by atoms with Gasteiger partial charge in [-0.3, -0.25) is 9.59 Å². The smallest absolute Gasteiger partial charge is 0.293 e. The molecule has 0 unspecified atom stereocenters. The molecule has 0 aromatic heterocycles. The number of halogens is 3. The van der Waals surface area contributed by atoms with Gasteiger partial charge in [0.2, 0.25) is 5.91 Å². The number of hydrogen-bond donors (Lipinski definition) is 1. The van der Waals surface area contributed by atoms with E-state index in [0.29, 0.717) is 38.0 Å². The number of hydrogen-bond acceptors (Lipinski definition) is 5. The summed E-state index contributed by atoms with van der Waals surface area (Å²) >= 11 is 11.5. The van der Waals surface area contributed by atoms with Crippen LogP contribution in [0.25, 0.3) is 0 Å². The van der Waals surface area contributed by atoms with Crippen LogP contribution in [0.5, 0.6) is 0 Å². The maximum Gasteiger partial charge on any atom is 0.293 e. The molecule has 1 aromatic rings. The maximum atomic E-state index is 13.4. The molecular weight excluding hydrogens is 386 g/mol. The van der Waals surface area contributed by atoms with Gasteiger partial charge in [-0.05, 0) is 30.5 Å². The Kier molecular flexibility index (Phi) is 5.72. The van der Waals surface area contributed by atoms with Gasteiger partial charge in [0.15, 0.2) is 5.82 Å². The molecule has 0 radical (unpaired) electrons. The summed E-state index contributed by atoms with van der Waals surface area (Å²) in [5, 5.41) is -0.0920. The number of ether oxygens (including phenoxy) is 2. The lowest BCUT2D eigenvalue weighted by Gasteiger charge is -2.48. The van der Waals surface area contributed by atoms with E-state index in [-0.39, 0.29) is 41.2 Å². The van der Waals surface area contributed by atoms with Crippen molar-refractivity contribution >= 4 is 35.6 Å². The van der Waals surface area contributed by atoms with Crippen molar-refractivity contribution in [2.24, 2.45) is 11.7 Å². The monoisotopic (exact) mass is 404 g/mol. The quantitative estimate of drug-likeness (QED) is 0.555. The normalized spacial score (nSPS) is 25.4. The molecule has 142 valence electrons. The molecule has 3 rings (SSSR count). The lowest BCUT2D eigenvalue weighted by Crippen LogP contribution is -2.63. The highest BCUT2D eigenvalue weighted by Crippen LogP contribution is 2.38. The molecular formula is C17H19Cl2FN2O4. The number of nitrogens with two attached hydrogens (primary N) is 1. The molecule has 2 N–H and O–H groups in total. The number of nitrogens with zero attached hydrogens (tertiary/aromatic N) is 1. The van der Waals surface area contributed by atoms with Crippen LogP contribution in [0.4, 0.5) is 4.39 Å². The summed E-state index contributed by atoms with van der Waals surface area (Å²) in [4.78, 5) is 24.3. The van der Waals surface area contributed by atoms with Crippen molar-refractivity contribution in [2.75, 3.05) is 19.7 Å². The molecule has 1 heterocycles. The van der Waals surface area contributed by atoms with Crippen LogP contribution in [0.1, 0.15) is 18.4 Å². The van der Waals surface area contributed by atoms with Gasteiger partial charge in [0.05, 0.1) is 28.3 Å². The zero-order chi connectivity index (χ0) is 18.9. The first kappa shape index (κ1) is 19.4. The minimum Gasteiger partial charge on any atom is -0.466 e. The van der Waals surface area contributed by atoms with E-state index in [1.807, 2.05) is 0 Å². The summed E-state index contributed by atoms with van der Waals surface area (Å²) in [6.45, 7) is 1.74. The third kappa shape index (κ3) is 4.11. The second kappa shape index (κ2) is 7.68. The Labute approximate surface area is 160 Å². The Morgan fingerprint density at radius 1 is 1.35 bits per heavy atom. The predicted molar refractivity (Wildman–Crippen MR) is 93.2 cm³/mol. The van der Waals surface area contributed by atoms with Gasteiger partial charge in [0, 0.05) is 19.0 Å². The van der Waals surface area contributed by atoms with Crippen LogP contribution in [0.3, 0.4) is 0 Å². The zero-order valence-electron chi connectivity index (χ0n) is 13.9. The van der Waals surface area contributed by atoms with Crippen LogP contribution in [0.2, 0.25) is 10.0 Å². The lowest BCUT2D eigenvalue weighted by molar-refractivity contribution is -0.156. The molecule has 1 saturated heterocycles. The minimum atomic E-state index is -0.646. The van der Waals surface area contributed by atoms with Gasteiger partial charge in [-0.1, -0.05) is 23.2 Å². The molecule has 1 amide bonds. The Morgan fingerprint density at radius 3 is 2.54 bits per heavy atom. The fraction of sp³-hybridized carbons (Fsp3) is 0.529. The van der Waals surface area contributed by atoms with E-state index in [1.165, 1.54) is 12.1 Å². The second-order valence-corrected chi connectivity index (χ2v) is 7.74. The van der Waals surface area contributed by atoms with E-state index in [2.05, 4.69) is 0 Å². The highest BCUT2D eigenvalue weighted by molar-refractivity contribution is 6.34. The number of carbonyl (C=O) groups is 2. The Balaban J connectivity index is 1.40. The van der Waals surface area contributed by atoms with Crippen LogP contribution in [0.15, 0.2) is 12.1 Å². The highest BCUT2D eigenvalue weighted by Gasteiger charge is 2.48. The molecule has 1 aliphatic heterocycles. The summed E-state index contributed by atoms with van der Waals surface area (Å²) in [7, 11) is 0. The third-order valence-electron chi connectivity index (χ3n) is 4.78. The predicted octanol–water partition coefficient (Wildman–Crippen LogP) is 2.14. The van der Waals surface area contributed by atoms with E-state index in [4.69, 9.17) is 38.4 Å². The molecule has 1 aromatic carbocycles. The molecule has 26 heavy (non-hydrogen) atoms. The molecule has 2 aliphatic rings. The summed E-state index contributed by atoms with van der Waals surface area (Å²) in [5.74, 6) is -0.733. The SMILES string of the molecule is N[C@]1(COC=O)C[C@H](C(=O)N2CC(OCc3cc(Cl)c(F)c(Cl)c3)C2)C1. The standard InChI is InChI=1S/C17H19Cl2FN2O4/c18-13-1-10(2-14(19)15(13)20)7-26-12-5-22(6-12)16(24)11-3-17(21,4-11)8-25-9-23/h1-2,9,11-12H,3-8,21H2/t11-,17+. The fourth-order valence-electron chi connectivity index (χ4n) is 3.30. The van der Waals surface area contributed by atoms with Crippen LogP contribution in [-0.2, 0) is 25.7 Å². The van der Waals surface area contributed by atoms with Crippen LogP contribution < -0.4 is 5.73 Å². The van der Waals surface area contributed by atoms with Crippen molar-refractivity contribution in [3.63, 3.8) is 0 Å². The van der Waals surface area contributed by atoms with Gasteiger partial charge >= 0.3 is 0 Å². The zero-order valence-corrected chi connectivity index (χ0v) is 15.4. The number of likely N-dealkylation sites (tertiary alicyclic amines) is 1. The number of carbonyl (C=O) groups excluding carboxylic acids is 2. The first-order valence-electron chi connectivity index (χ1n) is 8.19. The van der Waals surface area contributed by atoms with E-state index in [0.717, 1.165) is 0 Å². The summed E-state index contributed by atoms with van der Waals surface area (Å²) in [6, 6.07) is 2.95. The van der Waals surface area contributed by atoms with Gasteiger partial charge in [0.1, 0.15) is 6.61 Å². The van der Waals surface area contributed by atoms with E-state index < -0.39 is 11.4 Å². The molecule has 1 aliphatic carbocycles. The number of amides is 1. The van der Waals surface area contributed by atoms with E-state index in [1.54, 1.807) is 4.90 Å². The molecule has 1 saturated carbocycles. The lowest BCUT2D eigenvalue weighted by atomic mass is 9.68. The average molecular weight is 405 g/mol. The van der Waals surface area contributed by atoms with Crippen molar-refractivity contribution in [3.05, 3.63) is 33.6 Å². The third-order valence-corrected chi connectivity index (χ3v) is 5.33. The van der Waals surface area contributed by atoms with Crippen molar-refractivity contribution in [2.45, 2.75) is 31.1 Å². The van der Waals surface area contributed by atoms with E-state index >= 15 is 0 Å². The van der Waals surface area contributed by atoms with Crippen molar-refractivity contribution < 1.29 is 23.5 Å². The molecule has 6 nitrogen and oxygen atoms in total. The van der Waals surface area contributed by atoms with Crippen LogP contribution in [0, 0.1) is 11.7 Å². The Hall–Kier alpha value is -1.41. The van der Waals surface area contributed by atoms with Crippen LogP contribution >= 0.6 is 23.2 Å². The van der Waals surface area contributed by atoms with Gasteiger partial charge in [-0.25, -0.2) is 4.39 Å². The molecule has 0 atom stereocenters. The maximum absolute atomic E-state index is 13.4. The van der Waals surface area contributed by atoms with Gasteiger partial charge in [-0.2, -0.15) is 0 Å². The first-order chi connectivity index (χ1) is 12.3. The summed E-state index contributed by atoms with van der Waals surface area (Å²) < 4.78 is 23.8. The summed E-state index contributed by atoms with van der Waals surface area (Å²) in [5.41, 5.74) is 6.10. The molecule has 2 fully saturated rings. The fourth-order valence-corrected chi connectivity index (χ4v) is 3.83. The average Bonchev–Trinajstić information content (AvgIpc) is 2.53. The molecule has 0 spiro atoms. The second-order valence-electron chi connectivity index (χ2n) is 6.92. The topological polar surface area (TPSA) is 81.9 Å². The minimum absolute atomic E-state index is 0.0460. The Morgan fingerprint density at radius 2 is 1.96 bits per heavy atom. The van der Waals surface area contributed by atoms with Gasteiger partial charge < -0.3 is 20.1 Å². The highest BCUT2D eigenvalue weighted by atomic mass is 35.5. The first-order valence-corrected chi connectivity index (χ1v) is 8.95. The van der Waals surface area contributed by atoms with Gasteiger partial charge in [-0.15, -0.1) is 0 Å². The summed E-state index contributed by atoms with van der Waals surface area (Å²) in [6.07, 6.45) is 0.936. The van der Waals surface area contributed by atoms with E-state index in [9.17, 15) is 14.0 Å². The van der Waals surface area contributed by atoms with Gasteiger partial charge in [0.25, 0.3) is 6.47 Å². The van der Waals surface area contributed by atoms with Crippen molar-refractivity contribution in [1.82, 2.24) is 4.90 Å². The number of benzene rings is 1. The van der Waals surface area contributed by atoms with Crippen molar-refractivity contribution in [3.8, 4) is 0 Å². The Bertz CT molecular complexity index is 683. The molecule has 0 bridgehead atoms.